The molecule has 1 atom stereocenters. The van der Waals surface area contributed by atoms with Crippen LogP contribution in [0.4, 0.5) is 0 Å². The summed E-state index contributed by atoms with van der Waals surface area (Å²) in [5, 5.41) is 22.8. The summed E-state index contributed by atoms with van der Waals surface area (Å²) in [6.07, 6.45) is 5.90. The number of hydrogen-bond donors (Lipinski definition) is 3. The van der Waals surface area contributed by atoms with Crippen LogP contribution in [0, 0.1) is 6.92 Å². The molecule has 0 spiro atoms. The lowest BCUT2D eigenvalue weighted by Crippen LogP contribution is -2.26. The van der Waals surface area contributed by atoms with Crippen molar-refractivity contribution in [1.29, 1.82) is 0 Å². The highest BCUT2D eigenvalue weighted by molar-refractivity contribution is 6.31. The summed E-state index contributed by atoms with van der Waals surface area (Å²) in [7, 11) is 0. The van der Waals surface area contributed by atoms with Gasteiger partial charge in [0.1, 0.15) is 11.4 Å². The van der Waals surface area contributed by atoms with Gasteiger partial charge < -0.3 is 20.1 Å². The summed E-state index contributed by atoms with van der Waals surface area (Å²) in [5.41, 5.74) is 1.41. The van der Waals surface area contributed by atoms with Gasteiger partial charge in [-0.05, 0) is 56.7 Å². The Morgan fingerprint density at radius 1 is 1.43 bits per heavy atom. The third-order valence-corrected chi connectivity index (χ3v) is 5.36. The highest BCUT2D eigenvalue weighted by atomic mass is 35.5. The zero-order valence-corrected chi connectivity index (χ0v) is 16.7. The van der Waals surface area contributed by atoms with Crippen LogP contribution in [0.25, 0.3) is 6.08 Å². The number of nitrogens with zero attached hydrogens (tertiary/aromatic N) is 2. The van der Waals surface area contributed by atoms with E-state index >= 15 is 0 Å². The number of aliphatic hydroxyl groups excluding tert-OH is 1. The van der Waals surface area contributed by atoms with Crippen molar-refractivity contribution in [3.8, 4) is 0 Å². The predicted octanol–water partition coefficient (Wildman–Crippen LogP) is 3.41. The van der Waals surface area contributed by atoms with Crippen molar-refractivity contribution in [2.75, 3.05) is 6.61 Å². The Morgan fingerprint density at radius 3 is 2.61 bits per heavy atom. The molecule has 2 aromatic rings. The smallest absolute Gasteiger partial charge is 0.256 e. The molecule has 1 aliphatic carbocycles. The van der Waals surface area contributed by atoms with E-state index in [1.54, 1.807) is 30.3 Å². The highest BCUT2D eigenvalue weighted by Crippen LogP contribution is 2.39. The van der Waals surface area contributed by atoms with Crippen LogP contribution < -0.4 is 5.32 Å². The monoisotopic (exact) mass is 401 g/mol. The number of halogens is 1. The average Bonchev–Trinajstić information content (AvgIpc) is 3.50. The molecular weight excluding hydrogens is 378 g/mol. The highest BCUT2D eigenvalue weighted by Gasteiger charge is 2.27. The lowest BCUT2D eigenvalue weighted by atomic mass is 9.96. The number of aromatic nitrogens is 1. The van der Waals surface area contributed by atoms with Crippen molar-refractivity contribution in [1.82, 2.24) is 9.88 Å². The largest absolute Gasteiger partial charge is 0.393 e. The molecule has 6 nitrogen and oxygen atoms in total. The van der Waals surface area contributed by atoms with Crippen LogP contribution in [0.2, 0.25) is 5.02 Å². The van der Waals surface area contributed by atoms with Gasteiger partial charge in [0.15, 0.2) is 0 Å². The minimum Gasteiger partial charge on any atom is -0.393 e. The van der Waals surface area contributed by atoms with E-state index in [-0.39, 0.29) is 5.91 Å². The number of benzene rings is 1. The van der Waals surface area contributed by atoms with Crippen molar-refractivity contribution in [2.24, 2.45) is 4.99 Å². The number of hydrogen-bond acceptors (Lipinski definition) is 4. The van der Waals surface area contributed by atoms with E-state index in [0.29, 0.717) is 28.0 Å². The van der Waals surface area contributed by atoms with E-state index in [2.05, 4.69) is 21.6 Å². The number of nitrogens with one attached hydrogen (secondary N) is 1. The molecule has 0 bridgehead atoms. The summed E-state index contributed by atoms with van der Waals surface area (Å²) in [6, 6.07) is 6.83. The van der Waals surface area contributed by atoms with Crippen molar-refractivity contribution >= 4 is 30.3 Å². The molecule has 3 rings (SSSR count). The van der Waals surface area contributed by atoms with Gasteiger partial charge in [-0.25, -0.2) is 4.99 Å². The van der Waals surface area contributed by atoms with Gasteiger partial charge in [-0.15, -0.1) is 0 Å². The zero-order chi connectivity index (χ0) is 20.5. The maximum Gasteiger partial charge on any atom is 0.256 e. The van der Waals surface area contributed by atoms with Crippen LogP contribution in [0.3, 0.4) is 0 Å². The molecule has 0 radical (unpaired) electrons. The number of carbonyl (C=O) groups excluding carboxylic acids is 1. The molecule has 148 valence electrons. The molecule has 0 saturated heterocycles. The van der Waals surface area contributed by atoms with E-state index in [9.17, 15) is 15.0 Å². The molecule has 28 heavy (non-hydrogen) atoms. The number of carbonyl (C=O) groups is 1. The van der Waals surface area contributed by atoms with Gasteiger partial charge >= 0.3 is 0 Å². The quantitative estimate of drug-likeness (QED) is 0.621. The van der Waals surface area contributed by atoms with E-state index in [1.807, 2.05) is 13.1 Å². The number of aliphatic imine (C=N–C) groups is 1. The van der Waals surface area contributed by atoms with Gasteiger partial charge in [-0.2, -0.15) is 0 Å². The molecule has 1 amide bonds. The van der Waals surface area contributed by atoms with Crippen LogP contribution in [-0.4, -0.2) is 34.0 Å². The third kappa shape index (κ3) is 4.19. The van der Waals surface area contributed by atoms with Crippen LogP contribution in [-0.2, 0) is 5.60 Å². The van der Waals surface area contributed by atoms with E-state index in [4.69, 9.17) is 11.6 Å². The van der Waals surface area contributed by atoms with Gasteiger partial charge in [0.2, 0.25) is 0 Å². The maximum absolute atomic E-state index is 12.6. The standard InChI is InChI=1S/C21H24ClN3O3/c1-13-17(22)11-25(16-8-9-16)18(13)10-19(23-3)24-20(27)14-4-6-15(7-5-14)21(2,28)12-26/h4-7,10-11,16,26,28H,3,8-9,12H2,1-2H3,(H,24,27). The third-order valence-electron chi connectivity index (χ3n) is 4.98. The van der Waals surface area contributed by atoms with E-state index < -0.39 is 12.2 Å². The second-order valence-electron chi connectivity index (χ2n) is 7.28. The Hall–Kier alpha value is -2.41. The molecule has 1 saturated carbocycles. The Labute approximate surface area is 169 Å². The molecule has 3 N–H and O–H groups in total. The predicted molar refractivity (Wildman–Crippen MR) is 111 cm³/mol. The second kappa shape index (κ2) is 7.91. The molecular formula is C21H24ClN3O3. The molecule has 1 aliphatic rings. The van der Waals surface area contributed by atoms with Crippen molar-refractivity contribution in [3.05, 3.63) is 63.7 Å². The summed E-state index contributed by atoms with van der Waals surface area (Å²) in [4.78, 5) is 16.5. The van der Waals surface area contributed by atoms with Crippen LogP contribution in [0.15, 0.2) is 41.3 Å². The summed E-state index contributed by atoms with van der Waals surface area (Å²) in [5.74, 6) is -0.0154. The summed E-state index contributed by atoms with van der Waals surface area (Å²) < 4.78 is 2.11. The molecule has 1 heterocycles. The van der Waals surface area contributed by atoms with Crippen LogP contribution in [0.5, 0.6) is 0 Å². The topological polar surface area (TPSA) is 86.9 Å². The van der Waals surface area contributed by atoms with Crippen molar-refractivity contribution in [2.45, 2.75) is 38.3 Å². The summed E-state index contributed by atoms with van der Waals surface area (Å²) >= 11 is 6.28. The zero-order valence-electron chi connectivity index (χ0n) is 15.9. The minimum atomic E-state index is -1.35. The fourth-order valence-corrected chi connectivity index (χ4v) is 3.16. The molecule has 7 heteroatoms. The van der Waals surface area contributed by atoms with Crippen molar-refractivity contribution in [3.63, 3.8) is 0 Å². The number of aliphatic hydroxyl groups is 2. The SMILES string of the molecule is C=NC(=Cc1c(C)c(Cl)cn1C1CC1)NC(=O)c1ccc(C(C)(O)CO)cc1. The Morgan fingerprint density at radius 2 is 2.07 bits per heavy atom. The fraction of sp³-hybridized carbons (Fsp3) is 0.333. The Bertz CT molecular complexity index is 925. The first-order valence-electron chi connectivity index (χ1n) is 9.07. The first-order chi connectivity index (χ1) is 13.3. The van der Waals surface area contributed by atoms with E-state index in [1.165, 1.54) is 6.92 Å². The minimum absolute atomic E-state index is 0.330. The normalized spacial score (nSPS) is 16.5. The van der Waals surface area contributed by atoms with Crippen molar-refractivity contribution < 1.29 is 15.0 Å². The van der Waals surface area contributed by atoms with Gasteiger partial charge in [0, 0.05) is 29.6 Å². The number of amides is 1. The fourth-order valence-electron chi connectivity index (χ4n) is 2.95. The molecule has 1 aromatic heterocycles. The second-order valence-corrected chi connectivity index (χ2v) is 7.68. The lowest BCUT2D eigenvalue weighted by Gasteiger charge is -2.20. The molecule has 1 unspecified atom stereocenters. The van der Waals surface area contributed by atoms with Gasteiger partial charge in [-0.1, -0.05) is 23.7 Å². The molecule has 1 aromatic carbocycles. The van der Waals surface area contributed by atoms with Crippen LogP contribution >= 0.6 is 11.6 Å². The van der Waals surface area contributed by atoms with Crippen LogP contribution in [0.1, 0.15) is 53.0 Å². The number of rotatable bonds is 7. The average molecular weight is 402 g/mol. The Kier molecular flexibility index (Phi) is 5.74. The Balaban J connectivity index is 1.81. The molecule has 1 fully saturated rings. The van der Waals surface area contributed by atoms with E-state index in [0.717, 1.165) is 24.1 Å². The van der Waals surface area contributed by atoms with Gasteiger partial charge in [0.05, 0.1) is 11.6 Å². The van der Waals surface area contributed by atoms with Gasteiger partial charge in [0.25, 0.3) is 5.91 Å². The first-order valence-corrected chi connectivity index (χ1v) is 9.45. The molecule has 0 aliphatic heterocycles. The van der Waals surface area contributed by atoms with Gasteiger partial charge in [-0.3, -0.25) is 4.79 Å². The first kappa shape index (κ1) is 20.3. The lowest BCUT2D eigenvalue weighted by molar-refractivity contribution is -0.00229. The maximum atomic E-state index is 12.6. The summed E-state index contributed by atoms with van der Waals surface area (Å²) in [6.45, 7) is 6.58.